The SMILES string of the molecule is O=C(Cc1cccnc1)N1CCC2CC21c1ncc(-c2cnc(Cl)nc2)[nH]1. The van der Waals surface area contributed by atoms with Gasteiger partial charge in [0.15, 0.2) is 0 Å². The summed E-state index contributed by atoms with van der Waals surface area (Å²) >= 11 is 5.76. The third kappa shape index (κ3) is 2.70. The first-order valence-electron chi connectivity index (χ1n) is 8.89. The smallest absolute Gasteiger partial charge is 0.227 e. The molecule has 1 aliphatic carbocycles. The highest BCUT2D eigenvalue weighted by atomic mass is 35.5. The highest BCUT2D eigenvalue weighted by Crippen LogP contribution is 2.61. The third-order valence-corrected chi connectivity index (χ3v) is 5.75. The number of fused-ring (bicyclic) bond motifs is 1. The highest BCUT2D eigenvalue weighted by Gasteiger charge is 2.66. The summed E-state index contributed by atoms with van der Waals surface area (Å²) < 4.78 is 0. The molecule has 4 heterocycles. The Kier molecular flexibility index (Phi) is 3.72. The van der Waals surface area contributed by atoms with Crippen molar-refractivity contribution < 1.29 is 4.79 Å². The van der Waals surface area contributed by atoms with Gasteiger partial charge in [-0.05, 0) is 42.0 Å². The van der Waals surface area contributed by atoms with Gasteiger partial charge in [-0.1, -0.05) is 6.07 Å². The van der Waals surface area contributed by atoms with Crippen LogP contribution in [0.25, 0.3) is 11.3 Å². The van der Waals surface area contributed by atoms with Crippen LogP contribution in [0.4, 0.5) is 0 Å². The van der Waals surface area contributed by atoms with Gasteiger partial charge in [-0.25, -0.2) is 15.0 Å². The topological polar surface area (TPSA) is 87.7 Å². The standard InChI is InChI=1S/C19H17ClN6O/c20-18-23-9-13(10-24-18)15-11-22-17(25-15)19-7-14(19)3-5-26(19)16(27)6-12-2-1-4-21-8-12/h1-2,4,8-11,14H,3,5-7H2,(H,22,25). The van der Waals surface area contributed by atoms with Gasteiger partial charge in [0, 0.05) is 36.9 Å². The Hall–Kier alpha value is -2.80. The zero-order valence-corrected chi connectivity index (χ0v) is 15.2. The number of hydrogen-bond acceptors (Lipinski definition) is 5. The molecular formula is C19H17ClN6O. The van der Waals surface area contributed by atoms with Crippen molar-refractivity contribution in [2.75, 3.05) is 6.54 Å². The van der Waals surface area contributed by atoms with Crippen LogP contribution < -0.4 is 0 Å². The van der Waals surface area contributed by atoms with Crippen molar-refractivity contribution in [3.63, 3.8) is 0 Å². The zero-order valence-electron chi connectivity index (χ0n) is 14.5. The van der Waals surface area contributed by atoms with Crippen LogP contribution in [-0.4, -0.2) is 42.3 Å². The van der Waals surface area contributed by atoms with E-state index in [9.17, 15) is 4.79 Å². The van der Waals surface area contributed by atoms with Gasteiger partial charge in [0.2, 0.25) is 11.2 Å². The van der Waals surface area contributed by atoms with Gasteiger partial charge in [-0.3, -0.25) is 9.78 Å². The minimum atomic E-state index is -0.301. The van der Waals surface area contributed by atoms with E-state index in [0.29, 0.717) is 12.3 Å². The van der Waals surface area contributed by atoms with E-state index in [-0.39, 0.29) is 16.7 Å². The zero-order chi connectivity index (χ0) is 18.4. The molecule has 0 radical (unpaired) electrons. The van der Waals surface area contributed by atoms with Crippen molar-refractivity contribution in [2.45, 2.75) is 24.8 Å². The molecule has 1 saturated carbocycles. The van der Waals surface area contributed by atoms with Gasteiger partial charge in [-0.15, -0.1) is 0 Å². The van der Waals surface area contributed by atoms with Crippen LogP contribution in [0.1, 0.15) is 24.2 Å². The second-order valence-corrected chi connectivity index (χ2v) is 7.42. The fourth-order valence-electron chi connectivity index (χ4n) is 4.15. The summed E-state index contributed by atoms with van der Waals surface area (Å²) in [7, 11) is 0. The van der Waals surface area contributed by atoms with E-state index < -0.39 is 0 Å². The maximum Gasteiger partial charge on any atom is 0.227 e. The second-order valence-electron chi connectivity index (χ2n) is 7.08. The number of carbonyl (C=O) groups is 1. The molecule has 2 unspecified atom stereocenters. The molecule has 3 aromatic heterocycles. The van der Waals surface area contributed by atoms with Crippen molar-refractivity contribution in [1.82, 2.24) is 29.8 Å². The fourth-order valence-corrected chi connectivity index (χ4v) is 4.25. The molecule has 2 aliphatic rings. The molecule has 27 heavy (non-hydrogen) atoms. The molecule has 0 spiro atoms. The lowest BCUT2D eigenvalue weighted by Crippen LogP contribution is -2.40. The van der Waals surface area contributed by atoms with Crippen molar-refractivity contribution in [1.29, 1.82) is 0 Å². The number of amides is 1. The van der Waals surface area contributed by atoms with E-state index in [2.05, 4.69) is 24.9 Å². The highest BCUT2D eigenvalue weighted by molar-refractivity contribution is 6.28. The summed E-state index contributed by atoms with van der Waals surface area (Å²) in [6.07, 6.45) is 10.9. The Balaban J connectivity index is 1.41. The molecular weight excluding hydrogens is 364 g/mol. The number of likely N-dealkylation sites (tertiary alicyclic amines) is 1. The molecule has 1 amide bonds. The summed E-state index contributed by atoms with van der Waals surface area (Å²) in [5.41, 5.74) is 2.27. The van der Waals surface area contributed by atoms with Crippen molar-refractivity contribution >= 4 is 17.5 Å². The van der Waals surface area contributed by atoms with E-state index in [1.165, 1.54) is 0 Å². The number of halogens is 1. The molecule has 2 atom stereocenters. The first-order valence-corrected chi connectivity index (χ1v) is 9.27. The van der Waals surface area contributed by atoms with Gasteiger partial charge in [0.25, 0.3) is 0 Å². The molecule has 136 valence electrons. The number of hydrogen-bond donors (Lipinski definition) is 1. The maximum atomic E-state index is 13.0. The average Bonchev–Trinajstić information content (AvgIpc) is 3.05. The van der Waals surface area contributed by atoms with Gasteiger partial charge in [0.05, 0.1) is 18.3 Å². The van der Waals surface area contributed by atoms with Crippen LogP contribution >= 0.6 is 11.6 Å². The van der Waals surface area contributed by atoms with Crippen LogP contribution in [0.15, 0.2) is 43.1 Å². The Morgan fingerprint density at radius 1 is 1.26 bits per heavy atom. The van der Waals surface area contributed by atoms with Crippen molar-refractivity contribution in [2.24, 2.45) is 5.92 Å². The maximum absolute atomic E-state index is 13.0. The fraction of sp³-hybridized carbons (Fsp3) is 0.316. The molecule has 5 rings (SSSR count). The molecule has 1 aliphatic heterocycles. The number of nitrogens with zero attached hydrogens (tertiary/aromatic N) is 5. The quantitative estimate of drug-likeness (QED) is 0.703. The number of aromatic amines is 1. The number of aromatic nitrogens is 5. The summed E-state index contributed by atoms with van der Waals surface area (Å²) in [5, 5.41) is 0.210. The number of imidazole rings is 1. The number of carbonyl (C=O) groups excluding carboxylic acids is 1. The summed E-state index contributed by atoms with van der Waals surface area (Å²) in [6.45, 7) is 0.768. The first-order chi connectivity index (χ1) is 13.2. The minimum Gasteiger partial charge on any atom is -0.340 e. The van der Waals surface area contributed by atoms with Crippen molar-refractivity contribution in [3.8, 4) is 11.3 Å². The molecule has 8 heteroatoms. The Morgan fingerprint density at radius 3 is 2.85 bits per heavy atom. The number of H-pyrrole nitrogens is 1. The van der Waals surface area contributed by atoms with Crippen molar-refractivity contribution in [3.05, 3.63) is 59.8 Å². The van der Waals surface area contributed by atoms with Crippen LogP contribution in [0, 0.1) is 5.92 Å². The van der Waals surface area contributed by atoms with Gasteiger partial charge in [0.1, 0.15) is 11.4 Å². The van der Waals surface area contributed by atoms with E-state index in [0.717, 1.165) is 42.0 Å². The second kappa shape index (κ2) is 6.13. The average molecular weight is 381 g/mol. The molecule has 7 nitrogen and oxygen atoms in total. The molecule has 1 N–H and O–H groups in total. The van der Waals surface area contributed by atoms with E-state index >= 15 is 0 Å². The largest absolute Gasteiger partial charge is 0.340 e. The summed E-state index contributed by atoms with van der Waals surface area (Å²) in [4.78, 5) is 35.1. The Morgan fingerprint density at radius 2 is 2.11 bits per heavy atom. The monoisotopic (exact) mass is 380 g/mol. The number of pyridine rings is 1. The molecule has 2 fully saturated rings. The lowest BCUT2D eigenvalue weighted by molar-refractivity contribution is -0.133. The van der Waals surface area contributed by atoms with Crippen LogP contribution in [-0.2, 0) is 16.8 Å². The van der Waals surface area contributed by atoms with Gasteiger partial charge in [-0.2, -0.15) is 0 Å². The lowest BCUT2D eigenvalue weighted by Gasteiger charge is -2.27. The lowest BCUT2D eigenvalue weighted by atomic mass is 10.1. The number of piperidine rings is 1. The molecule has 0 aromatic carbocycles. The number of rotatable bonds is 4. The Labute approximate surface area is 160 Å². The van der Waals surface area contributed by atoms with E-state index in [1.807, 2.05) is 17.0 Å². The predicted molar refractivity (Wildman–Crippen MR) is 98.7 cm³/mol. The van der Waals surface area contributed by atoms with Crippen LogP contribution in [0.2, 0.25) is 5.28 Å². The first kappa shape index (κ1) is 16.4. The molecule has 3 aromatic rings. The van der Waals surface area contributed by atoms with Crippen LogP contribution in [0.3, 0.4) is 0 Å². The minimum absolute atomic E-state index is 0.121. The van der Waals surface area contributed by atoms with Crippen LogP contribution in [0.5, 0.6) is 0 Å². The van der Waals surface area contributed by atoms with Gasteiger partial charge < -0.3 is 9.88 Å². The predicted octanol–water partition coefficient (Wildman–Crippen LogP) is 2.61. The van der Waals surface area contributed by atoms with E-state index in [1.54, 1.807) is 31.0 Å². The van der Waals surface area contributed by atoms with Gasteiger partial charge >= 0.3 is 0 Å². The summed E-state index contributed by atoms with van der Waals surface area (Å²) in [5.74, 6) is 1.43. The normalized spacial score (nSPS) is 23.3. The summed E-state index contributed by atoms with van der Waals surface area (Å²) in [6, 6.07) is 3.79. The Bertz CT molecular complexity index is 989. The third-order valence-electron chi connectivity index (χ3n) is 5.55. The molecule has 1 saturated heterocycles. The number of nitrogens with one attached hydrogen (secondary N) is 1. The van der Waals surface area contributed by atoms with E-state index in [4.69, 9.17) is 11.6 Å². The molecule has 0 bridgehead atoms.